The molecule has 1 atom stereocenters. The van der Waals surface area contributed by atoms with Gasteiger partial charge in [-0.1, -0.05) is 55.9 Å². The maximum atomic E-state index is 12.7. The summed E-state index contributed by atoms with van der Waals surface area (Å²) in [6, 6.07) is 13.7. The molecule has 1 N–H and O–H groups in total. The van der Waals surface area contributed by atoms with Gasteiger partial charge in [0.2, 0.25) is 5.91 Å². The Morgan fingerprint density at radius 3 is 2.60 bits per heavy atom. The van der Waals surface area contributed by atoms with Crippen molar-refractivity contribution >= 4 is 34.5 Å². The van der Waals surface area contributed by atoms with Crippen molar-refractivity contribution in [2.75, 3.05) is 5.32 Å². The molecule has 0 aliphatic rings. The van der Waals surface area contributed by atoms with Crippen LogP contribution in [-0.2, 0) is 4.79 Å². The molecule has 0 aliphatic carbocycles. The molecule has 1 amide bonds. The molecule has 0 fully saturated rings. The van der Waals surface area contributed by atoms with Crippen LogP contribution in [0, 0.1) is 6.92 Å². The fourth-order valence-corrected chi connectivity index (χ4v) is 3.43. The van der Waals surface area contributed by atoms with Gasteiger partial charge < -0.3 is 9.73 Å². The number of amides is 1. The largest absolute Gasteiger partial charge is 0.431 e. The molecule has 5 heteroatoms. The van der Waals surface area contributed by atoms with Gasteiger partial charge in [0.1, 0.15) is 5.52 Å². The summed E-state index contributed by atoms with van der Waals surface area (Å²) in [5.74, 6) is 0.290. The van der Waals surface area contributed by atoms with Gasteiger partial charge in [0.15, 0.2) is 5.58 Å². The molecule has 0 saturated heterocycles. The van der Waals surface area contributed by atoms with Crippen LogP contribution in [0.5, 0.6) is 0 Å². The number of anilines is 1. The van der Waals surface area contributed by atoms with Gasteiger partial charge >= 0.3 is 0 Å². The Balaban J connectivity index is 1.75. The number of thioether (sulfide) groups is 1. The standard InChI is InChI=1S/C20H22N2O2S/c1-12(2)15-9-7-8-13(3)18(15)22-19(23)14(4)25-20-21-16-10-5-6-11-17(16)24-20/h5-12,14H,1-4H3,(H,22,23)/t14-/m1/s1. The molecule has 1 aromatic heterocycles. The molecule has 3 rings (SSSR count). The van der Waals surface area contributed by atoms with Crippen LogP contribution in [0.4, 0.5) is 5.69 Å². The molecule has 0 radical (unpaired) electrons. The van der Waals surface area contributed by atoms with Crippen LogP contribution in [0.2, 0.25) is 0 Å². The number of para-hydroxylation sites is 3. The number of nitrogens with one attached hydrogen (secondary N) is 1. The average molecular weight is 354 g/mol. The third kappa shape index (κ3) is 3.87. The van der Waals surface area contributed by atoms with Gasteiger partial charge in [-0.25, -0.2) is 4.98 Å². The highest BCUT2D eigenvalue weighted by Gasteiger charge is 2.20. The summed E-state index contributed by atoms with van der Waals surface area (Å²) in [6.45, 7) is 8.13. The lowest BCUT2D eigenvalue weighted by atomic mass is 9.98. The number of fused-ring (bicyclic) bond motifs is 1. The van der Waals surface area contributed by atoms with E-state index >= 15 is 0 Å². The molecule has 130 valence electrons. The van der Waals surface area contributed by atoms with E-state index in [9.17, 15) is 4.79 Å². The zero-order chi connectivity index (χ0) is 18.0. The smallest absolute Gasteiger partial charge is 0.257 e. The first-order valence-corrected chi connectivity index (χ1v) is 9.26. The molecule has 0 spiro atoms. The summed E-state index contributed by atoms with van der Waals surface area (Å²) in [7, 11) is 0. The van der Waals surface area contributed by atoms with Crippen molar-refractivity contribution in [3.05, 3.63) is 53.6 Å². The lowest BCUT2D eigenvalue weighted by Crippen LogP contribution is -2.23. The van der Waals surface area contributed by atoms with Gasteiger partial charge in [0.25, 0.3) is 5.22 Å². The molecule has 3 aromatic rings. The molecule has 0 unspecified atom stereocenters. The first-order chi connectivity index (χ1) is 12.0. The highest BCUT2D eigenvalue weighted by atomic mass is 32.2. The molecule has 0 aliphatic heterocycles. The number of aryl methyl sites for hydroxylation is 1. The van der Waals surface area contributed by atoms with Gasteiger partial charge in [-0.05, 0) is 43.0 Å². The number of carbonyl (C=O) groups excluding carboxylic acids is 1. The summed E-state index contributed by atoms with van der Waals surface area (Å²) < 4.78 is 5.70. The average Bonchev–Trinajstić information content (AvgIpc) is 2.98. The number of oxazole rings is 1. The quantitative estimate of drug-likeness (QED) is 0.625. The number of nitrogens with zero attached hydrogens (tertiary/aromatic N) is 1. The fourth-order valence-electron chi connectivity index (χ4n) is 2.67. The summed E-state index contributed by atoms with van der Waals surface area (Å²) in [5, 5.41) is 3.28. The van der Waals surface area contributed by atoms with Gasteiger partial charge in [-0.2, -0.15) is 0 Å². The number of hydrogen-bond donors (Lipinski definition) is 1. The molecule has 1 heterocycles. The van der Waals surface area contributed by atoms with E-state index in [1.165, 1.54) is 11.8 Å². The molecule has 4 nitrogen and oxygen atoms in total. The molecule has 2 aromatic carbocycles. The zero-order valence-corrected chi connectivity index (χ0v) is 15.7. The monoisotopic (exact) mass is 354 g/mol. The van der Waals surface area contributed by atoms with Crippen molar-refractivity contribution in [2.45, 2.75) is 44.1 Å². The Hall–Kier alpha value is -2.27. The van der Waals surface area contributed by atoms with Gasteiger partial charge in [-0.3, -0.25) is 4.79 Å². The van der Waals surface area contributed by atoms with E-state index in [-0.39, 0.29) is 11.2 Å². The van der Waals surface area contributed by atoms with Crippen molar-refractivity contribution in [1.29, 1.82) is 0 Å². The second-order valence-corrected chi connectivity index (χ2v) is 7.68. The topological polar surface area (TPSA) is 55.1 Å². The molecular formula is C20H22N2O2S. The summed E-state index contributed by atoms with van der Waals surface area (Å²) >= 11 is 1.33. The van der Waals surface area contributed by atoms with E-state index in [0.29, 0.717) is 11.1 Å². The Morgan fingerprint density at radius 2 is 1.88 bits per heavy atom. The summed E-state index contributed by atoms with van der Waals surface area (Å²) in [6.07, 6.45) is 0. The van der Waals surface area contributed by atoms with E-state index in [1.807, 2.05) is 50.2 Å². The van der Waals surface area contributed by atoms with Crippen molar-refractivity contribution in [3.63, 3.8) is 0 Å². The predicted octanol–water partition coefficient (Wildman–Crippen LogP) is 5.38. The van der Waals surface area contributed by atoms with Crippen LogP contribution >= 0.6 is 11.8 Å². The van der Waals surface area contributed by atoms with E-state index in [4.69, 9.17) is 4.42 Å². The molecule has 0 bridgehead atoms. The lowest BCUT2D eigenvalue weighted by Gasteiger charge is -2.18. The SMILES string of the molecule is Cc1cccc(C(C)C)c1NC(=O)[C@@H](C)Sc1nc2ccccc2o1. The first kappa shape index (κ1) is 17.5. The second kappa shape index (κ2) is 7.31. The van der Waals surface area contributed by atoms with Gasteiger partial charge in [0.05, 0.1) is 5.25 Å². The highest BCUT2D eigenvalue weighted by Crippen LogP contribution is 2.30. The van der Waals surface area contributed by atoms with Crippen molar-refractivity contribution in [3.8, 4) is 0 Å². The molecule has 25 heavy (non-hydrogen) atoms. The maximum Gasteiger partial charge on any atom is 0.257 e. The number of aromatic nitrogens is 1. The minimum atomic E-state index is -0.312. The number of hydrogen-bond acceptors (Lipinski definition) is 4. The summed E-state index contributed by atoms with van der Waals surface area (Å²) in [4.78, 5) is 17.1. The van der Waals surface area contributed by atoms with Crippen LogP contribution in [-0.4, -0.2) is 16.1 Å². The van der Waals surface area contributed by atoms with Gasteiger partial charge in [0, 0.05) is 5.69 Å². The van der Waals surface area contributed by atoms with Crippen molar-refractivity contribution in [2.24, 2.45) is 0 Å². The third-order valence-corrected chi connectivity index (χ3v) is 5.04. The van der Waals surface area contributed by atoms with Crippen molar-refractivity contribution < 1.29 is 9.21 Å². The van der Waals surface area contributed by atoms with E-state index in [0.717, 1.165) is 27.9 Å². The van der Waals surface area contributed by atoms with Crippen LogP contribution < -0.4 is 5.32 Å². The predicted molar refractivity (Wildman–Crippen MR) is 103 cm³/mol. The van der Waals surface area contributed by atoms with Crippen LogP contribution in [0.1, 0.15) is 37.8 Å². The lowest BCUT2D eigenvalue weighted by molar-refractivity contribution is -0.115. The maximum absolute atomic E-state index is 12.7. The Labute approximate surface area is 152 Å². The normalized spacial score (nSPS) is 12.5. The van der Waals surface area contributed by atoms with Crippen LogP contribution in [0.25, 0.3) is 11.1 Å². The fraction of sp³-hybridized carbons (Fsp3) is 0.300. The highest BCUT2D eigenvalue weighted by molar-refractivity contribution is 8.00. The van der Waals surface area contributed by atoms with Crippen molar-refractivity contribution in [1.82, 2.24) is 4.98 Å². The first-order valence-electron chi connectivity index (χ1n) is 8.38. The number of rotatable bonds is 5. The summed E-state index contributed by atoms with van der Waals surface area (Å²) in [5.41, 5.74) is 4.66. The second-order valence-electron chi connectivity index (χ2n) is 6.39. The molecule has 0 saturated carbocycles. The van der Waals surface area contributed by atoms with E-state index < -0.39 is 0 Å². The Morgan fingerprint density at radius 1 is 1.12 bits per heavy atom. The minimum Gasteiger partial charge on any atom is -0.431 e. The number of benzene rings is 2. The third-order valence-electron chi connectivity index (χ3n) is 4.10. The Kier molecular flexibility index (Phi) is 5.13. The Bertz CT molecular complexity index is 869. The van der Waals surface area contributed by atoms with E-state index in [1.54, 1.807) is 0 Å². The van der Waals surface area contributed by atoms with Crippen LogP contribution in [0.3, 0.4) is 0 Å². The van der Waals surface area contributed by atoms with Gasteiger partial charge in [-0.15, -0.1) is 0 Å². The number of carbonyl (C=O) groups is 1. The minimum absolute atomic E-state index is 0.0524. The van der Waals surface area contributed by atoms with E-state index in [2.05, 4.69) is 30.2 Å². The zero-order valence-electron chi connectivity index (χ0n) is 14.9. The van der Waals surface area contributed by atoms with Crippen LogP contribution in [0.15, 0.2) is 52.1 Å². The molecular weight excluding hydrogens is 332 g/mol.